The molecule has 408 valence electrons. The average molecular weight is 1010 g/mol. The van der Waals surface area contributed by atoms with Gasteiger partial charge in [0.25, 0.3) is 0 Å². The molecule has 0 aromatic rings. The molecule has 0 aliphatic rings. The van der Waals surface area contributed by atoms with Crippen LogP contribution in [0, 0.1) is 0 Å². The van der Waals surface area contributed by atoms with E-state index in [0.29, 0.717) is 19.3 Å². The first-order valence-corrected chi connectivity index (χ1v) is 29.0. The Bertz CT molecular complexity index is 1670. The van der Waals surface area contributed by atoms with Crippen LogP contribution in [0.15, 0.2) is 158 Å². The smallest absolute Gasteiger partial charge is 0.306 e. The van der Waals surface area contributed by atoms with Crippen molar-refractivity contribution in [3.8, 4) is 0 Å². The molecule has 0 saturated heterocycles. The number of hydrogen-bond acceptors (Lipinski definition) is 6. The molecule has 0 aliphatic heterocycles. The zero-order valence-corrected chi connectivity index (χ0v) is 46.6. The number of hydrogen-bond donors (Lipinski definition) is 0. The minimum atomic E-state index is -0.827. The molecule has 6 heteroatoms. The predicted molar refractivity (Wildman–Crippen MR) is 315 cm³/mol. The molecule has 73 heavy (non-hydrogen) atoms. The summed E-state index contributed by atoms with van der Waals surface area (Å²) in [5, 5.41) is 0. The van der Waals surface area contributed by atoms with E-state index in [-0.39, 0.29) is 37.5 Å². The molecule has 0 amide bonds. The van der Waals surface area contributed by atoms with Crippen molar-refractivity contribution < 1.29 is 28.6 Å². The monoisotopic (exact) mass is 1000 g/mol. The molecule has 0 aliphatic carbocycles. The third kappa shape index (κ3) is 57.8. The van der Waals surface area contributed by atoms with E-state index in [1.54, 1.807) is 0 Å². The van der Waals surface area contributed by atoms with Crippen LogP contribution >= 0.6 is 0 Å². The maximum absolute atomic E-state index is 12.9. The molecule has 6 nitrogen and oxygen atoms in total. The number of ether oxygens (including phenoxy) is 3. The summed E-state index contributed by atoms with van der Waals surface area (Å²) in [5.41, 5.74) is 0. The van der Waals surface area contributed by atoms with Crippen LogP contribution in [0.4, 0.5) is 0 Å². The maximum Gasteiger partial charge on any atom is 0.306 e. The van der Waals surface area contributed by atoms with Crippen LogP contribution in [0.1, 0.15) is 226 Å². The van der Waals surface area contributed by atoms with Gasteiger partial charge in [-0.1, -0.05) is 230 Å². The van der Waals surface area contributed by atoms with Crippen LogP contribution in [0.25, 0.3) is 0 Å². The first kappa shape index (κ1) is 68.0. The molecular formula is C67H104O6. The van der Waals surface area contributed by atoms with Crippen molar-refractivity contribution in [3.63, 3.8) is 0 Å². The van der Waals surface area contributed by atoms with Crippen LogP contribution in [0.2, 0.25) is 0 Å². The highest BCUT2D eigenvalue weighted by atomic mass is 16.6. The van der Waals surface area contributed by atoms with Gasteiger partial charge in [0, 0.05) is 19.3 Å². The van der Waals surface area contributed by atoms with Crippen LogP contribution in [-0.2, 0) is 28.6 Å². The fraction of sp³-hybridized carbons (Fsp3) is 0.567. The lowest BCUT2D eigenvalue weighted by Gasteiger charge is -2.18. The molecule has 0 saturated carbocycles. The standard InChI is InChI=1S/C67H104O6/c1-4-7-10-13-16-19-22-25-28-31-33-36-39-42-45-48-51-54-57-60-66(69)72-63-64(62-71-65(68)59-56-53-50-47-44-41-38-35-30-27-24-21-18-15-12-9-6-3)73-67(70)61-58-55-52-49-46-43-40-37-34-32-29-26-23-20-17-14-11-8-5-2/h7-12,16-21,25-30,33,36,38,41-42,45,47,50,64H,4-6,13-15,22-24,31-32,34-35,37,39-40,43-44,46,48-49,51-63H2,1-3H3/b10-7-,11-8-,12-9-,19-16-,20-17-,21-18-,28-25-,29-26-,30-27-,36-33-,41-38-,45-42-,50-47-. The van der Waals surface area contributed by atoms with Gasteiger partial charge in [0.1, 0.15) is 13.2 Å². The molecule has 0 aromatic carbocycles. The number of rotatable bonds is 50. The highest BCUT2D eigenvalue weighted by Gasteiger charge is 2.19. The largest absolute Gasteiger partial charge is 0.462 e. The summed E-state index contributed by atoms with van der Waals surface area (Å²) in [4.78, 5) is 38.2. The summed E-state index contributed by atoms with van der Waals surface area (Å²) >= 11 is 0. The van der Waals surface area contributed by atoms with Crippen LogP contribution < -0.4 is 0 Å². The Morgan fingerprint density at radius 2 is 0.507 bits per heavy atom. The molecule has 0 spiro atoms. The SMILES string of the molecule is CC/C=C\C/C=C\C/C=C\C/C=C\C/C=C\CCCCCC(=O)OCC(COC(=O)CCC/C=C\C/C=C\C/C=C\C/C=C\C/C=C\CC)OC(=O)CCCCCCCCCCC/C=C\C/C=C\C/C=C\CC. The van der Waals surface area contributed by atoms with Gasteiger partial charge in [0.15, 0.2) is 6.10 Å². The number of carbonyl (C=O) groups is 3. The Balaban J connectivity index is 4.57. The number of allylic oxidation sites excluding steroid dienone is 26. The van der Waals surface area contributed by atoms with E-state index < -0.39 is 6.10 Å². The lowest BCUT2D eigenvalue weighted by Crippen LogP contribution is -2.30. The predicted octanol–water partition coefficient (Wildman–Crippen LogP) is 19.8. The minimum Gasteiger partial charge on any atom is -0.462 e. The van der Waals surface area contributed by atoms with Gasteiger partial charge in [-0.05, 0) is 135 Å². The highest BCUT2D eigenvalue weighted by molar-refractivity contribution is 5.71. The third-order valence-electron chi connectivity index (χ3n) is 11.5. The van der Waals surface area contributed by atoms with Gasteiger partial charge in [0.05, 0.1) is 0 Å². The van der Waals surface area contributed by atoms with Crippen molar-refractivity contribution in [1.82, 2.24) is 0 Å². The minimum absolute atomic E-state index is 0.122. The molecule has 1 atom stereocenters. The molecule has 0 heterocycles. The average Bonchev–Trinajstić information content (AvgIpc) is 3.39. The lowest BCUT2D eigenvalue weighted by molar-refractivity contribution is -0.167. The van der Waals surface area contributed by atoms with Gasteiger partial charge in [-0.3, -0.25) is 14.4 Å². The fourth-order valence-electron chi connectivity index (χ4n) is 7.28. The summed E-state index contributed by atoms with van der Waals surface area (Å²) in [6.07, 6.45) is 86.6. The molecule has 0 N–H and O–H groups in total. The maximum atomic E-state index is 12.9. The molecule has 0 radical (unpaired) electrons. The van der Waals surface area contributed by atoms with E-state index in [4.69, 9.17) is 14.2 Å². The second kappa shape index (κ2) is 59.6. The summed E-state index contributed by atoms with van der Waals surface area (Å²) in [5.74, 6) is -1.02. The molecule has 0 rings (SSSR count). The van der Waals surface area contributed by atoms with Crippen LogP contribution in [-0.4, -0.2) is 37.2 Å². The van der Waals surface area contributed by atoms with E-state index in [0.717, 1.165) is 141 Å². The van der Waals surface area contributed by atoms with Gasteiger partial charge < -0.3 is 14.2 Å². The lowest BCUT2D eigenvalue weighted by atomic mass is 10.1. The van der Waals surface area contributed by atoms with E-state index in [9.17, 15) is 14.4 Å². The Hall–Kier alpha value is -4.97. The Labute approximate surface area is 448 Å². The third-order valence-corrected chi connectivity index (χ3v) is 11.5. The Kier molecular flexibility index (Phi) is 55.5. The van der Waals surface area contributed by atoms with E-state index >= 15 is 0 Å². The van der Waals surface area contributed by atoms with Crippen LogP contribution in [0.5, 0.6) is 0 Å². The molecular weight excluding hydrogens is 901 g/mol. The Morgan fingerprint density at radius 3 is 0.836 bits per heavy atom. The van der Waals surface area contributed by atoms with Gasteiger partial charge in [0.2, 0.25) is 0 Å². The number of carbonyl (C=O) groups excluding carboxylic acids is 3. The van der Waals surface area contributed by atoms with E-state index in [2.05, 4.69) is 179 Å². The summed E-state index contributed by atoms with van der Waals surface area (Å²) in [6, 6.07) is 0. The molecule has 0 aromatic heterocycles. The molecule has 1 unspecified atom stereocenters. The van der Waals surface area contributed by atoms with Gasteiger partial charge in [-0.25, -0.2) is 0 Å². The first-order valence-electron chi connectivity index (χ1n) is 29.0. The van der Waals surface area contributed by atoms with Crippen LogP contribution in [0.3, 0.4) is 0 Å². The van der Waals surface area contributed by atoms with Gasteiger partial charge in [-0.2, -0.15) is 0 Å². The molecule has 0 bridgehead atoms. The highest BCUT2D eigenvalue weighted by Crippen LogP contribution is 2.14. The van der Waals surface area contributed by atoms with Gasteiger partial charge in [-0.15, -0.1) is 0 Å². The summed E-state index contributed by atoms with van der Waals surface area (Å²) < 4.78 is 16.8. The van der Waals surface area contributed by atoms with Crippen molar-refractivity contribution in [3.05, 3.63) is 158 Å². The zero-order valence-electron chi connectivity index (χ0n) is 46.6. The second-order valence-corrected chi connectivity index (χ2v) is 18.4. The zero-order chi connectivity index (χ0) is 52.9. The number of unbranched alkanes of at least 4 members (excludes halogenated alkanes) is 13. The summed E-state index contributed by atoms with van der Waals surface area (Å²) in [6.45, 7) is 6.21. The topological polar surface area (TPSA) is 78.9 Å². The quantitative estimate of drug-likeness (QED) is 0.0261. The first-order chi connectivity index (χ1) is 36.0. The summed E-state index contributed by atoms with van der Waals surface area (Å²) in [7, 11) is 0. The van der Waals surface area contributed by atoms with Crippen molar-refractivity contribution in [2.45, 2.75) is 232 Å². The van der Waals surface area contributed by atoms with E-state index in [1.165, 1.54) is 38.5 Å². The van der Waals surface area contributed by atoms with Crippen molar-refractivity contribution >= 4 is 17.9 Å². The fourth-order valence-corrected chi connectivity index (χ4v) is 7.28. The second-order valence-electron chi connectivity index (χ2n) is 18.4. The van der Waals surface area contributed by atoms with Crippen molar-refractivity contribution in [2.75, 3.05) is 13.2 Å². The van der Waals surface area contributed by atoms with Gasteiger partial charge >= 0.3 is 17.9 Å². The molecule has 0 fully saturated rings. The van der Waals surface area contributed by atoms with Crippen molar-refractivity contribution in [2.24, 2.45) is 0 Å². The normalized spacial score (nSPS) is 13.3. The van der Waals surface area contributed by atoms with Crippen molar-refractivity contribution in [1.29, 1.82) is 0 Å². The van der Waals surface area contributed by atoms with E-state index in [1.807, 2.05) is 0 Å². The number of esters is 3. The Morgan fingerprint density at radius 1 is 0.274 bits per heavy atom.